The van der Waals surface area contributed by atoms with Crippen LogP contribution in [0.1, 0.15) is 29.6 Å². The highest BCUT2D eigenvalue weighted by Gasteiger charge is 2.27. The molecule has 1 aliphatic rings. The van der Waals surface area contributed by atoms with Gasteiger partial charge in [0, 0.05) is 25.1 Å². The fraction of sp³-hybridized carbons (Fsp3) is 0.500. The first-order valence-electron chi connectivity index (χ1n) is 6.71. The van der Waals surface area contributed by atoms with Crippen molar-refractivity contribution >= 4 is 31.7 Å². The van der Waals surface area contributed by atoms with Crippen LogP contribution >= 0.6 is 15.9 Å². The fourth-order valence-corrected chi connectivity index (χ4v) is 3.73. The molecular weight excluding hydrogens is 361 g/mol. The molecular formula is C14H17BrFNO3S. The summed E-state index contributed by atoms with van der Waals surface area (Å²) in [4.78, 5) is 12.2. The van der Waals surface area contributed by atoms with E-state index >= 15 is 0 Å². The molecule has 0 N–H and O–H groups in total. The third kappa shape index (κ3) is 4.34. The number of carbonyl (C=O) groups excluding carboxylic acids is 1. The molecule has 1 aromatic carbocycles. The molecule has 1 unspecified atom stereocenters. The van der Waals surface area contributed by atoms with Gasteiger partial charge in [-0.15, -0.1) is 0 Å². The van der Waals surface area contributed by atoms with Gasteiger partial charge in [0.2, 0.25) is 10.0 Å². The summed E-state index contributed by atoms with van der Waals surface area (Å²) in [7, 11) is -3.22. The summed E-state index contributed by atoms with van der Waals surface area (Å²) in [5.41, 5.74) is 0.326. The van der Waals surface area contributed by atoms with Gasteiger partial charge in [-0.25, -0.2) is 17.1 Å². The maximum absolute atomic E-state index is 13.4. The SMILES string of the molecule is CS(=O)(=O)N1CCCC(CC(=O)c2ccc(Br)c(F)c2)C1. The Morgan fingerprint density at radius 3 is 2.81 bits per heavy atom. The number of sulfonamides is 1. The number of hydrogen-bond acceptors (Lipinski definition) is 3. The lowest BCUT2D eigenvalue weighted by Gasteiger charge is -2.30. The molecule has 116 valence electrons. The molecule has 1 saturated heterocycles. The topological polar surface area (TPSA) is 54.5 Å². The minimum Gasteiger partial charge on any atom is -0.294 e. The monoisotopic (exact) mass is 377 g/mol. The molecule has 7 heteroatoms. The van der Waals surface area contributed by atoms with E-state index in [4.69, 9.17) is 0 Å². The van der Waals surface area contributed by atoms with Crippen molar-refractivity contribution in [2.45, 2.75) is 19.3 Å². The van der Waals surface area contributed by atoms with E-state index in [0.29, 0.717) is 23.1 Å². The van der Waals surface area contributed by atoms with E-state index in [9.17, 15) is 17.6 Å². The van der Waals surface area contributed by atoms with Crippen molar-refractivity contribution in [1.29, 1.82) is 0 Å². The van der Waals surface area contributed by atoms with E-state index in [-0.39, 0.29) is 18.1 Å². The first-order chi connectivity index (χ1) is 9.77. The van der Waals surface area contributed by atoms with E-state index in [0.717, 1.165) is 12.8 Å². The molecule has 1 aromatic rings. The van der Waals surface area contributed by atoms with E-state index in [2.05, 4.69) is 15.9 Å². The van der Waals surface area contributed by atoms with Crippen LogP contribution in [0.3, 0.4) is 0 Å². The normalized spacial score (nSPS) is 20.4. The number of piperidine rings is 1. The molecule has 21 heavy (non-hydrogen) atoms. The third-order valence-electron chi connectivity index (χ3n) is 3.67. The number of benzene rings is 1. The van der Waals surface area contributed by atoms with Crippen LogP contribution in [0.5, 0.6) is 0 Å². The summed E-state index contributed by atoms with van der Waals surface area (Å²) in [5.74, 6) is -0.628. The number of hydrogen-bond donors (Lipinski definition) is 0. The number of carbonyl (C=O) groups is 1. The summed E-state index contributed by atoms with van der Waals surface area (Å²) in [6.45, 7) is 0.875. The third-order valence-corrected chi connectivity index (χ3v) is 5.58. The minimum absolute atomic E-state index is 0.00677. The molecule has 0 spiro atoms. The largest absolute Gasteiger partial charge is 0.294 e. The molecule has 0 aliphatic carbocycles. The van der Waals surface area contributed by atoms with Crippen molar-refractivity contribution in [3.63, 3.8) is 0 Å². The number of halogens is 2. The number of rotatable bonds is 4. The number of nitrogens with zero attached hydrogens (tertiary/aromatic N) is 1. The lowest BCUT2D eigenvalue weighted by Crippen LogP contribution is -2.39. The number of Topliss-reactive ketones (excluding diaryl/α,β-unsaturated/α-hetero) is 1. The van der Waals surface area contributed by atoms with Crippen LogP contribution in [0, 0.1) is 11.7 Å². The molecule has 1 heterocycles. The average molecular weight is 378 g/mol. The average Bonchev–Trinajstić information content (AvgIpc) is 2.41. The molecule has 1 aliphatic heterocycles. The quantitative estimate of drug-likeness (QED) is 0.758. The van der Waals surface area contributed by atoms with E-state index < -0.39 is 15.8 Å². The zero-order valence-electron chi connectivity index (χ0n) is 11.7. The van der Waals surface area contributed by atoms with Gasteiger partial charge in [-0.05, 0) is 46.8 Å². The predicted molar refractivity (Wildman–Crippen MR) is 82.2 cm³/mol. The molecule has 0 bridgehead atoms. The standard InChI is InChI=1S/C14H17BrFNO3S/c1-21(19,20)17-6-2-3-10(9-17)7-14(18)11-4-5-12(15)13(16)8-11/h4-5,8,10H,2-3,6-7,9H2,1H3. The van der Waals surface area contributed by atoms with E-state index in [1.54, 1.807) is 6.07 Å². The van der Waals surface area contributed by atoms with Crippen LogP contribution in [0.4, 0.5) is 4.39 Å². The summed E-state index contributed by atoms with van der Waals surface area (Å²) in [5, 5.41) is 0. The Labute approximate surface area is 132 Å². The first-order valence-corrected chi connectivity index (χ1v) is 9.35. The van der Waals surface area contributed by atoms with E-state index in [1.807, 2.05) is 0 Å². The highest BCUT2D eigenvalue weighted by Crippen LogP contribution is 2.24. The second kappa shape index (κ2) is 6.54. The second-order valence-corrected chi connectivity index (χ2v) is 8.22. The Bertz CT molecular complexity index is 648. The van der Waals surface area contributed by atoms with Gasteiger partial charge in [-0.3, -0.25) is 4.79 Å². The van der Waals surface area contributed by atoms with Crippen molar-refractivity contribution < 1.29 is 17.6 Å². The summed E-state index contributed by atoms with van der Waals surface area (Å²) in [6, 6.07) is 4.29. The number of ketones is 1. The van der Waals surface area contributed by atoms with Crippen LogP contribution in [-0.4, -0.2) is 37.9 Å². The van der Waals surface area contributed by atoms with Crippen LogP contribution < -0.4 is 0 Å². The highest BCUT2D eigenvalue weighted by molar-refractivity contribution is 9.10. The first kappa shape index (κ1) is 16.6. The maximum Gasteiger partial charge on any atom is 0.211 e. The van der Waals surface area contributed by atoms with Crippen LogP contribution in [0.2, 0.25) is 0 Å². The van der Waals surface area contributed by atoms with Gasteiger partial charge in [0.25, 0.3) is 0 Å². The molecule has 2 rings (SSSR count). The van der Waals surface area contributed by atoms with Gasteiger partial charge in [0.15, 0.2) is 5.78 Å². The molecule has 4 nitrogen and oxygen atoms in total. The summed E-state index contributed by atoms with van der Waals surface area (Å²) >= 11 is 3.05. The van der Waals surface area contributed by atoms with Gasteiger partial charge < -0.3 is 0 Å². The van der Waals surface area contributed by atoms with Crippen LogP contribution in [-0.2, 0) is 10.0 Å². The maximum atomic E-state index is 13.4. The Morgan fingerprint density at radius 1 is 1.48 bits per heavy atom. The van der Waals surface area contributed by atoms with Crippen molar-refractivity contribution in [3.8, 4) is 0 Å². The molecule has 0 aromatic heterocycles. The smallest absolute Gasteiger partial charge is 0.211 e. The molecule has 0 radical (unpaired) electrons. The lowest BCUT2D eigenvalue weighted by atomic mass is 9.92. The Balaban J connectivity index is 2.03. The predicted octanol–water partition coefficient (Wildman–Crippen LogP) is 2.83. The molecule has 0 amide bonds. The Morgan fingerprint density at radius 2 is 2.19 bits per heavy atom. The van der Waals surface area contributed by atoms with Crippen LogP contribution in [0.15, 0.2) is 22.7 Å². The highest BCUT2D eigenvalue weighted by atomic mass is 79.9. The van der Waals surface area contributed by atoms with Crippen molar-refractivity contribution in [1.82, 2.24) is 4.31 Å². The molecule has 1 atom stereocenters. The Kier molecular flexibility index (Phi) is 5.16. The van der Waals surface area contributed by atoms with E-state index in [1.165, 1.54) is 22.7 Å². The van der Waals surface area contributed by atoms with Gasteiger partial charge in [-0.2, -0.15) is 0 Å². The fourth-order valence-electron chi connectivity index (χ4n) is 2.54. The van der Waals surface area contributed by atoms with Crippen molar-refractivity contribution in [2.24, 2.45) is 5.92 Å². The zero-order chi connectivity index (χ0) is 15.6. The zero-order valence-corrected chi connectivity index (χ0v) is 14.1. The van der Waals surface area contributed by atoms with Gasteiger partial charge >= 0.3 is 0 Å². The minimum atomic E-state index is -3.22. The van der Waals surface area contributed by atoms with Crippen molar-refractivity contribution in [2.75, 3.05) is 19.3 Å². The van der Waals surface area contributed by atoms with Gasteiger partial charge in [-0.1, -0.05) is 6.07 Å². The molecule has 1 fully saturated rings. The van der Waals surface area contributed by atoms with Gasteiger partial charge in [0.05, 0.1) is 10.7 Å². The molecule has 0 saturated carbocycles. The summed E-state index contributed by atoms with van der Waals surface area (Å²) in [6.07, 6.45) is 2.99. The second-order valence-electron chi connectivity index (χ2n) is 5.39. The Hall–Kier alpha value is -0.790. The lowest BCUT2D eigenvalue weighted by molar-refractivity contribution is 0.0942. The van der Waals surface area contributed by atoms with Crippen molar-refractivity contribution in [3.05, 3.63) is 34.1 Å². The van der Waals surface area contributed by atoms with Crippen LogP contribution in [0.25, 0.3) is 0 Å². The van der Waals surface area contributed by atoms with Gasteiger partial charge in [0.1, 0.15) is 5.82 Å². The summed E-state index contributed by atoms with van der Waals surface area (Å²) < 4.78 is 38.3.